The molecule has 14 heavy (non-hydrogen) atoms. The highest BCUT2D eigenvalue weighted by molar-refractivity contribution is 5.98. The van der Waals surface area contributed by atoms with Crippen molar-refractivity contribution in [2.45, 2.75) is 18.8 Å². The summed E-state index contributed by atoms with van der Waals surface area (Å²) in [7, 11) is 0. The van der Waals surface area contributed by atoms with Crippen molar-refractivity contribution in [2.75, 3.05) is 0 Å². The molecule has 0 aliphatic heterocycles. The number of hydrogen-bond acceptors (Lipinski definition) is 1. The predicted octanol–water partition coefficient (Wildman–Crippen LogP) is 2.83. The summed E-state index contributed by atoms with van der Waals surface area (Å²) in [5.74, 6) is -0.282. The highest BCUT2D eigenvalue weighted by Gasteiger charge is 2.29. The molecule has 0 aromatic heterocycles. The van der Waals surface area contributed by atoms with Crippen molar-refractivity contribution in [3.63, 3.8) is 0 Å². The van der Waals surface area contributed by atoms with Crippen molar-refractivity contribution in [1.82, 2.24) is 0 Å². The number of Topliss-reactive ketones (excluding diaryl/α,β-unsaturated/α-hetero) is 1. The van der Waals surface area contributed by atoms with Crippen LogP contribution in [-0.4, -0.2) is 5.78 Å². The fourth-order valence-electron chi connectivity index (χ4n) is 1.91. The predicted molar refractivity (Wildman–Crippen MR) is 52.5 cm³/mol. The van der Waals surface area contributed by atoms with Gasteiger partial charge in [-0.25, -0.2) is 4.39 Å². The lowest BCUT2D eigenvalue weighted by atomic mass is 9.94. The summed E-state index contributed by atoms with van der Waals surface area (Å²) in [6, 6.07) is 6.59. The second-order valence-corrected chi connectivity index (χ2v) is 3.56. The van der Waals surface area contributed by atoms with Gasteiger partial charge in [-0.05, 0) is 23.6 Å². The molecule has 0 heterocycles. The summed E-state index contributed by atoms with van der Waals surface area (Å²) in [6.45, 7) is 3.72. The van der Waals surface area contributed by atoms with Gasteiger partial charge >= 0.3 is 0 Å². The Bertz CT molecular complexity index is 395. The van der Waals surface area contributed by atoms with Crippen LogP contribution >= 0.6 is 0 Å². The molecular weight excluding hydrogens is 179 g/mol. The van der Waals surface area contributed by atoms with Gasteiger partial charge in [-0.3, -0.25) is 4.79 Å². The van der Waals surface area contributed by atoms with Crippen LogP contribution in [0.3, 0.4) is 0 Å². The largest absolute Gasteiger partial charge is 0.295 e. The Morgan fingerprint density at radius 3 is 2.64 bits per heavy atom. The Morgan fingerprint density at radius 2 is 2.07 bits per heavy atom. The van der Waals surface area contributed by atoms with Gasteiger partial charge in [-0.1, -0.05) is 24.8 Å². The quantitative estimate of drug-likeness (QED) is 0.622. The van der Waals surface area contributed by atoms with Crippen LogP contribution in [0.4, 0.5) is 4.39 Å². The molecule has 1 aromatic rings. The van der Waals surface area contributed by atoms with E-state index in [4.69, 9.17) is 0 Å². The maximum Gasteiger partial charge on any atom is 0.158 e. The van der Waals surface area contributed by atoms with E-state index in [2.05, 4.69) is 6.58 Å². The second kappa shape index (κ2) is 3.37. The molecule has 0 amide bonds. The third-order valence-electron chi connectivity index (χ3n) is 2.72. The lowest BCUT2D eigenvalue weighted by molar-refractivity contribution is -0.114. The van der Waals surface area contributed by atoms with E-state index in [1.165, 1.54) is 6.07 Å². The van der Waals surface area contributed by atoms with Gasteiger partial charge < -0.3 is 0 Å². The topological polar surface area (TPSA) is 17.1 Å². The summed E-state index contributed by atoms with van der Waals surface area (Å²) in [4.78, 5) is 11.2. The van der Waals surface area contributed by atoms with Crippen LogP contribution in [0.2, 0.25) is 0 Å². The van der Waals surface area contributed by atoms with E-state index in [0.717, 1.165) is 0 Å². The number of allylic oxidation sites excluding steroid dienone is 1. The van der Waals surface area contributed by atoms with E-state index < -0.39 is 0 Å². The zero-order valence-corrected chi connectivity index (χ0v) is 7.79. The van der Waals surface area contributed by atoms with Gasteiger partial charge in [0.05, 0.1) is 0 Å². The zero-order valence-electron chi connectivity index (χ0n) is 7.79. The molecule has 2 heteroatoms. The number of carbonyl (C=O) groups excluding carboxylic acids is 1. The maximum absolute atomic E-state index is 13.4. The minimum absolute atomic E-state index is 0.0678. The van der Waals surface area contributed by atoms with Crippen molar-refractivity contribution < 1.29 is 9.18 Å². The molecule has 1 aliphatic carbocycles. The van der Waals surface area contributed by atoms with Gasteiger partial charge in [-0.15, -0.1) is 0 Å². The molecule has 0 spiro atoms. The third-order valence-corrected chi connectivity index (χ3v) is 2.72. The molecule has 1 saturated carbocycles. The fraction of sp³-hybridized carbons (Fsp3) is 0.250. The maximum atomic E-state index is 13.4. The van der Waals surface area contributed by atoms with E-state index in [0.29, 0.717) is 24.0 Å². The van der Waals surface area contributed by atoms with Crippen molar-refractivity contribution in [2.24, 2.45) is 0 Å². The molecule has 1 aliphatic rings. The lowest BCUT2D eigenvalue weighted by Gasteiger charge is -2.10. The van der Waals surface area contributed by atoms with E-state index >= 15 is 0 Å². The number of hydrogen-bond donors (Lipinski definition) is 0. The molecular formula is C12H11FO. The first kappa shape index (κ1) is 9.13. The molecule has 1 fully saturated rings. The Morgan fingerprint density at radius 1 is 1.36 bits per heavy atom. The third kappa shape index (κ3) is 1.37. The summed E-state index contributed by atoms with van der Waals surface area (Å²) in [5.41, 5.74) is 1.15. The molecule has 0 saturated heterocycles. The van der Waals surface area contributed by atoms with Gasteiger partial charge in [0.2, 0.25) is 0 Å². The van der Waals surface area contributed by atoms with Crippen LogP contribution in [0.15, 0.2) is 36.4 Å². The Hall–Kier alpha value is -1.44. The second-order valence-electron chi connectivity index (χ2n) is 3.56. The highest BCUT2D eigenvalue weighted by atomic mass is 19.1. The average Bonchev–Trinajstić information content (AvgIpc) is 2.49. The molecule has 0 N–H and O–H groups in total. The number of halogens is 1. The van der Waals surface area contributed by atoms with Crippen LogP contribution < -0.4 is 0 Å². The summed E-state index contributed by atoms with van der Waals surface area (Å²) in [6.07, 6.45) is 1.19. The van der Waals surface area contributed by atoms with Gasteiger partial charge in [0.25, 0.3) is 0 Å². The van der Waals surface area contributed by atoms with Gasteiger partial charge in [-0.2, -0.15) is 0 Å². The molecule has 1 atom stereocenters. The minimum Gasteiger partial charge on any atom is -0.295 e. The highest BCUT2D eigenvalue weighted by Crippen LogP contribution is 2.36. The Balaban J connectivity index is 2.37. The first-order valence-corrected chi connectivity index (χ1v) is 4.66. The molecule has 1 aromatic carbocycles. The molecule has 0 bridgehead atoms. The van der Waals surface area contributed by atoms with Crippen molar-refractivity contribution in [1.29, 1.82) is 0 Å². The molecule has 1 unspecified atom stereocenters. The van der Waals surface area contributed by atoms with Gasteiger partial charge in [0, 0.05) is 12.3 Å². The van der Waals surface area contributed by atoms with E-state index in [1.54, 1.807) is 18.2 Å². The number of rotatable bonds is 1. The van der Waals surface area contributed by atoms with Crippen LogP contribution in [-0.2, 0) is 4.79 Å². The zero-order chi connectivity index (χ0) is 10.1. The monoisotopic (exact) mass is 190 g/mol. The average molecular weight is 190 g/mol. The SMILES string of the molecule is C=C1C(=O)CCC1c1ccccc1F. The van der Waals surface area contributed by atoms with Crippen molar-refractivity contribution >= 4 is 5.78 Å². The minimum atomic E-state index is -0.242. The van der Waals surface area contributed by atoms with Gasteiger partial charge in [0.1, 0.15) is 5.82 Å². The normalized spacial score (nSPS) is 21.6. The van der Waals surface area contributed by atoms with Crippen LogP contribution in [0.1, 0.15) is 24.3 Å². The van der Waals surface area contributed by atoms with Crippen LogP contribution in [0, 0.1) is 5.82 Å². The molecule has 0 radical (unpaired) electrons. The van der Waals surface area contributed by atoms with Gasteiger partial charge in [0.15, 0.2) is 5.78 Å². The van der Waals surface area contributed by atoms with E-state index in [9.17, 15) is 9.18 Å². The van der Waals surface area contributed by atoms with E-state index in [1.807, 2.05) is 0 Å². The Kier molecular flexibility index (Phi) is 2.20. The number of ketones is 1. The first-order chi connectivity index (χ1) is 6.70. The summed E-state index contributed by atoms with van der Waals surface area (Å²) in [5, 5.41) is 0. The molecule has 1 nitrogen and oxygen atoms in total. The molecule has 2 rings (SSSR count). The van der Waals surface area contributed by atoms with Crippen LogP contribution in [0.5, 0.6) is 0 Å². The fourth-order valence-corrected chi connectivity index (χ4v) is 1.91. The van der Waals surface area contributed by atoms with Crippen molar-refractivity contribution in [3.8, 4) is 0 Å². The number of benzene rings is 1. The summed E-state index contributed by atoms with van der Waals surface area (Å²) >= 11 is 0. The summed E-state index contributed by atoms with van der Waals surface area (Å²) < 4.78 is 13.4. The van der Waals surface area contributed by atoms with Crippen LogP contribution in [0.25, 0.3) is 0 Å². The molecule has 72 valence electrons. The number of carbonyl (C=O) groups is 1. The Labute approximate surface area is 82.3 Å². The standard InChI is InChI=1S/C12H11FO/c1-8-9(6-7-12(8)14)10-4-2-3-5-11(10)13/h2-5,9H,1,6-7H2. The van der Waals surface area contributed by atoms with Crippen molar-refractivity contribution in [3.05, 3.63) is 47.8 Å². The first-order valence-electron chi connectivity index (χ1n) is 4.66. The van der Waals surface area contributed by atoms with E-state index in [-0.39, 0.29) is 17.5 Å². The smallest absolute Gasteiger partial charge is 0.158 e. The lowest BCUT2D eigenvalue weighted by Crippen LogP contribution is -2.00.